The molecule has 1 aromatic rings. The zero-order valence-electron chi connectivity index (χ0n) is 13.4. The molecule has 3 heteroatoms. The van der Waals surface area contributed by atoms with Gasteiger partial charge in [0.2, 0.25) is 0 Å². The van der Waals surface area contributed by atoms with Crippen molar-refractivity contribution in [1.29, 1.82) is 0 Å². The summed E-state index contributed by atoms with van der Waals surface area (Å²) in [5.41, 5.74) is 2.70. The zero-order valence-corrected chi connectivity index (χ0v) is 13.4. The fourth-order valence-corrected chi connectivity index (χ4v) is 4.03. The SMILES string of the molecule is Cc1nn(CC2CC3CCC2C3)cc1CNC(C)(C)C. The van der Waals surface area contributed by atoms with Crippen molar-refractivity contribution in [2.75, 3.05) is 0 Å². The zero-order chi connectivity index (χ0) is 14.3. The monoisotopic (exact) mass is 275 g/mol. The van der Waals surface area contributed by atoms with Crippen molar-refractivity contribution in [3.05, 3.63) is 17.5 Å². The highest BCUT2D eigenvalue weighted by atomic mass is 15.3. The molecule has 1 N–H and O–H groups in total. The van der Waals surface area contributed by atoms with E-state index in [9.17, 15) is 0 Å². The van der Waals surface area contributed by atoms with Gasteiger partial charge in [0, 0.05) is 30.4 Å². The summed E-state index contributed by atoms with van der Waals surface area (Å²) in [5.74, 6) is 2.90. The van der Waals surface area contributed by atoms with Gasteiger partial charge in [0.05, 0.1) is 5.69 Å². The molecule has 3 rings (SSSR count). The van der Waals surface area contributed by atoms with Crippen LogP contribution in [0.4, 0.5) is 0 Å². The molecule has 3 atom stereocenters. The maximum atomic E-state index is 4.74. The molecule has 112 valence electrons. The molecule has 3 unspecified atom stereocenters. The van der Waals surface area contributed by atoms with Gasteiger partial charge >= 0.3 is 0 Å². The maximum Gasteiger partial charge on any atom is 0.0638 e. The summed E-state index contributed by atoms with van der Waals surface area (Å²) in [5, 5.41) is 8.29. The third-order valence-corrected chi connectivity index (χ3v) is 5.16. The number of hydrogen-bond acceptors (Lipinski definition) is 2. The van der Waals surface area contributed by atoms with E-state index in [1.165, 1.54) is 36.9 Å². The van der Waals surface area contributed by atoms with E-state index in [1.807, 2.05) is 0 Å². The fraction of sp³-hybridized carbons (Fsp3) is 0.824. The summed E-state index contributed by atoms with van der Waals surface area (Å²) >= 11 is 0. The second-order valence-electron chi connectivity index (χ2n) is 8.00. The van der Waals surface area contributed by atoms with Crippen LogP contribution in [0.15, 0.2) is 6.20 Å². The van der Waals surface area contributed by atoms with Crippen LogP contribution in [0.1, 0.15) is 57.7 Å². The van der Waals surface area contributed by atoms with Crippen molar-refractivity contribution in [3.8, 4) is 0 Å². The lowest BCUT2D eigenvalue weighted by Gasteiger charge is -2.21. The highest BCUT2D eigenvalue weighted by Gasteiger charge is 2.39. The summed E-state index contributed by atoms with van der Waals surface area (Å²) < 4.78 is 2.21. The van der Waals surface area contributed by atoms with Crippen LogP contribution >= 0.6 is 0 Å². The van der Waals surface area contributed by atoms with Crippen LogP contribution in [-0.4, -0.2) is 15.3 Å². The topological polar surface area (TPSA) is 29.9 Å². The number of fused-ring (bicyclic) bond motifs is 2. The Hall–Kier alpha value is -0.830. The number of nitrogens with zero attached hydrogens (tertiary/aromatic N) is 2. The Balaban J connectivity index is 1.60. The van der Waals surface area contributed by atoms with E-state index in [1.54, 1.807) is 0 Å². The largest absolute Gasteiger partial charge is 0.308 e. The molecular formula is C17H29N3. The Morgan fingerprint density at radius 1 is 1.30 bits per heavy atom. The first kappa shape index (κ1) is 14.1. The summed E-state index contributed by atoms with van der Waals surface area (Å²) in [6.45, 7) is 10.8. The molecule has 0 aliphatic heterocycles. The second kappa shape index (κ2) is 5.18. The van der Waals surface area contributed by atoms with E-state index in [0.717, 1.165) is 30.8 Å². The van der Waals surface area contributed by atoms with Crippen LogP contribution in [0.2, 0.25) is 0 Å². The van der Waals surface area contributed by atoms with Crippen LogP contribution < -0.4 is 5.32 Å². The van der Waals surface area contributed by atoms with Gasteiger partial charge in [-0.3, -0.25) is 4.68 Å². The molecule has 0 aromatic carbocycles. The fourth-order valence-electron chi connectivity index (χ4n) is 4.03. The Kier molecular flexibility index (Phi) is 3.65. The summed E-state index contributed by atoms with van der Waals surface area (Å²) in [6.07, 6.45) is 8.15. The summed E-state index contributed by atoms with van der Waals surface area (Å²) in [4.78, 5) is 0. The van der Waals surface area contributed by atoms with Crippen LogP contribution in [0.25, 0.3) is 0 Å². The second-order valence-corrected chi connectivity index (χ2v) is 8.00. The number of aryl methyl sites for hydroxylation is 1. The minimum atomic E-state index is 0.166. The quantitative estimate of drug-likeness (QED) is 0.911. The normalized spacial score (nSPS) is 29.3. The highest BCUT2D eigenvalue weighted by molar-refractivity contribution is 5.15. The van der Waals surface area contributed by atoms with Crippen LogP contribution in [0, 0.1) is 24.7 Å². The van der Waals surface area contributed by atoms with Crippen LogP contribution in [0.3, 0.4) is 0 Å². The van der Waals surface area contributed by atoms with Gasteiger partial charge in [0.1, 0.15) is 0 Å². The predicted octanol–water partition coefficient (Wildman–Crippen LogP) is 3.52. The first-order valence-corrected chi connectivity index (χ1v) is 8.18. The Morgan fingerprint density at radius 2 is 2.10 bits per heavy atom. The number of rotatable bonds is 4. The van der Waals surface area contributed by atoms with Gasteiger partial charge in [0.25, 0.3) is 0 Å². The Bertz CT molecular complexity index is 469. The molecule has 2 fully saturated rings. The van der Waals surface area contributed by atoms with Gasteiger partial charge in [-0.1, -0.05) is 6.42 Å². The number of aromatic nitrogens is 2. The molecule has 0 radical (unpaired) electrons. The third kappa shape index (κ3) is 3.08. The van der Waals surface area contributed by atoms with E-state index in [2.05, 4.69) is 43.9 Å². The molecule has 2 saturated carbocycles. The van der Waals surface area contributed by atoms with Crippen molar-refractivity contribution in [2.45, 2.75) is 72.0 Å². The Morgan fingerprint density at radius 3 is 2.70 bits per heavy atom. The van der Waals surface area contributed by atoms with Gasteiger partial charge in [-0.25, -0.2) is 0 Å². The first-order valence-electron chi connectivity index (χ1n) is 8.18. The minimum Gasteiger partial charge on any atom is -0.308 e. The minimum absolute atomic E-state index is 0.166. The molecule has 1 aromatic heterocycles. The molecule has 3 nitrogen and oxygen atoms in total. The molecule has 2 aliphatic rings. The van der Waals surface area contributed by atoms with Gasteiger partial charge in [0.15, 0.2) is 0 Å². The van der Waals surface area contributed by atoms with Gasteiger partial charge in [-0.05, 0) is 64.7 Å². The van der Waals surface area contributed by atoms with Crippen LogP contribution in [-0.2, 0) is 13.1 Å². The highest BCUT2D eigenvalue weighted by Crippen LogP contribution is 2.48. The van der Waals surface area contributed by atoms with Gasteiger partial charge in [-0.15, -0.1) is 0 Å². The molecule has 2 aliphatic carbocycles. The summed E-state index contributed by atoms with van der Waals surface area (Å²) in [7, 11) is 0. The molecule has 20 heavy (non-hydrogen) atoms. The standard InChI is InChI=1S/C17H29N3/c1-12-16(9-18-17(2,3)4)11-20(19-12)10-15-8-13-5-6-14(15)7-13/h11,13-15,18H,5-10H2,1-4H3. The predicted molar refractivity (Wildman–Crippen MR) is 82.5 cm³/mol. The van der Waals surface area contributed by atoms with Crippen molar-refractivity contribution >= 4 is 0 Å². The summed E-state index contributed by atoms with van der Waals surface area (Å²) in [6, 6.07) is 0. The van der Waals surface area contributed by atoms with Gasteiger partial charge < -0.3 is 5.32 Å². The van der Waals surface area contributed by atoms with E-state index in [-0.39, 0.29) is 5.54 Å². The maximum absolute atomic E-state index is 4.74. The van der Waals surface area contributed by atoms with Crippen molar-refractivity contribution in [2.24, 2.45) is 17.8 Å². The lowest BCUT2D eigenvalue weighted by molar-refractivity contribution is 0.285. The van der Waals surface area contributed by atoms with Crippen molar-refractivity contribution in [3.63, 3.8) is 0 Å². The van der Waals surface area contributed by atoms with Crippen LogP contribution in [0.5, 0.6) is 0 Å². The van der Waals surface area contributed by atoms with Gasteiger partial charge in [-0.2, -0.15) is 5.10 Å². The van der Waals surface area contributed by atoms with E-state index >= 15 is 0 Å². The van der Waals surface area contributed by atoms with E-state index in [4.69, 9.17) is 5.10 Å². The Labute approximate surface area is 123 Å². The molecular weight excluding hydrogens is 246 g/mol. The number of nitrogens with one attached hydrogen (secondary N) is 1. The smallest absolute Gasteiger partial charge is 0.0638 e. The molecule has 0 amide bonds. The number of hydrogen-bond donors (Lipinski definition) is 1. The molecule has 0 saturated heterocycles. The van der Waals surface area contributed by atoms with Crippen molar-refractivity contribution < 1.29 is 0 Å². The third-order valence-electron chi connectivity index (χ3n) is 5.16. The van der Waals surface area contributed by atoms with Crippen molar-refractivity contribution in [1.82, 2.24) is 15.1 Å². The van der Waals surface area contributed by atoms with E-state index < -0.39 is 0 Å². The lowest BCUT2D eigenvalue weighted by atomic mass is 9.89. The molecule has 0 spiro atoms. The average molecular weight is 275 g/mol. The first-order chi connectivity index (χ1) is 9.40. The van der Waals surface area contributed by atoms with E-state index in [0.29, 0.717) is 0 Å². The average Bonchev–Trinajstić information content (AvgIpc) is 3.01. The molecule has 2 bridgehead atoms. The lowest BCUT2D eigenvalue weighted by Crippen LogP contribution is -2.35. The molecule has 1 heterocycles.